The van der Waals surface area contributed by atoms with E-state index in [4.69, 9.17) is 4.74 Å². The van der Waals surface area contributed by atoms with Crippen molar-refractivity contribution < 1.29 is 9.53 Å². The van der Waals surface area contributed by atoms with Gasteiger partial charge in [0, 0.05) is 13.7 Å². The minimum absolute atomic E-state index is 0.0722. The van der Waals surface area contributed by atoms with E-state index in [1.54, 1.807) is 12.6 Å². The smallest absolute Gasteiger partial charge is 0.263 e. The first-order valence-corrected chi connectivity index (χ1v) is 4.81. The van der Waals surface area contributed by atoms with Gasteiger partial charge in [-0.15, -0.1) is 11.3 Å². The zero-order valence-corrected chi connectivity index (χ0v) is 8.48. The number of hydrogen-bond donors (Lipinski definition) is 1. The largest absolute Gasteiger partial charge is 0.383 e. The number of carbonyl (C=O) groups excluding carboxylic acids is 1. The van der Waals surface area contributed by atoms with Crippen LogP contribution in [0.25, 0.3) is 0 Å². The highest BCUT2D eigenvalue weighted by Crippen LogP contribution is 2.10. The Morgan fingerprint density at radius 2 is 2.54 bits per heavy atom. The minimum atomic E-state index is -0.0722. The van der Waals surface area contributed by atoms with Crippen molar-refractivity contribution in [3.05, 3.63) is 16.1 Å². The number of ether oxygens (including phenoxy) is 1. The van der Waals surface area contributed by atoms with Gasteiger partial charge in [-0.2, -0.15) is 0 Å². The van der Waals surface area contributed by atoms with E-state index in [0.29, 0.717) is 18.0 Å². The second-order valence-corrected chi connectivity index (χ2v) is 3.37. The Morgan fingerprint density at radius 3 is 3.08 bits per heavy atom. The first kappa shape index (κ1) is 10.1. The lowest BCUT2D eigenvalue weighted by Gasteiger charge is -2.02. The molecule has 1 rings (SSSR count). The predicted octanol–water partition coefficient (Wildman–Crippen LogP) is 0.828. The topological polar surface area (TPSA) is 51.2 Å². The summed E-state index contributed by atoms with van der Waals surface area (Å²) < 4.78 is 4.81. The van der Waals surface area contributed by atoms with E-state index in [2.05, 4.69) is 10.3 Å². The quantitative estimate of drug-likeness (QED) is 0.732. The van der Waals surface area contributed by atoms with Crippen molar-refractivity contribution in [1.82, 2.24) is 10.3 Å². The van der Waals surface area contributed by atoms with Crippen molar-refractivity contribution in [2.24, 2.45) is 0 Å². The maximum atomic E-state index is 11.4. The van der Waals surface area contributed by atoms with Crippen molar-refractivity contribution in [1.29, 1.82) is 0 Å². The Balaban J connectivity index is 2.45. The van der Waals surface area contributed by atoms with Gasteiger partial charge in [-0.1, -0.05) is 0 Å². The monoisotopic (exact) mass is 200 g/mol. The Morgan fingerprint density at radius 1 is 1.77 bits per heavy atom. The fourth-order valence-corrected chi connectivity index (χ4v) is 1.59. The van der Waals surface area contributed by atoms with Gasteiger partial charge in [0.15, 0.2) is 0 Å². The number of nitrogens with zero attached hydrogens (tertiary/aromatic N) is 1. The molecule has 0 aliphatic heterocycles. The van der Waals surface area contributed by atoms with Crippen LogP contribution in [0.2, 0.25) is 0 Å². The van der Waals surface area contributed by atoms with Crippen molar-refractivity contribution in [3.8, 4) is 0 Å². The average molecular weight is 200 g/mol. The van der Waals surface area contributed by atoms with E-state index in [-0.39, 0.29) is 5.91 Å². The zero-order valence-electron chi connectivity index (χ0n) is 7.66. The van der Waals surface area contributed by atoms with Gasteiger partial charge in [0.05, 0.1) is 17.8 Å². The number of carbonyl (C=O) groups is 1. The average Bonchev–Trinajstić information content (AvgIpc) is 2.52. The molecule has 0 bridgehead atoms. The second-order valence-electron chi connectivity index (χ2n) is 2.52. The number of aryl methyl sites for hydroxylation is 1. The highest BCUT2D eigenvalue weighted by atomic mass is 32.1. The summed E-state index contributed by atoms with van der Waals surface area (Å²) in [6.45, 7) is 2.89. The fraction of sp³-hybridized carbons (Fsp3) is 0.500. The molecule has 0 saturated heterocycles. The Bertz CT molecular complexity index is 285. The van der Waals surface area contributed by atoms with Gasteiger partial charge in [0.25, 0.3) is 5.91 Å². The highest BCUT2D eigenvalue weighted by molar-refractivity contribution is 7.11. The van der Waals surface area contributed by atoms with Gasteiger partial charge >= 0.3 is 0 Å². The lowest BCUT2D eigenvalue weighted by atomic mass is 10.4. The molecule has 1 N–H and O–H groups in total. The van der Waals surface area contributed by atoms with E-state index < -0.39 is 0 Å². The van der Waals surface area contributed by atoms with Crippen LogP contribution < -0.4 is 5.32 Å². The number of rotatable bonds is 4. The molecule has 72 valence electrons. The predicted molar refractivity (Wildman–Crippen MR) is 51.1 cm³/mol. The van der Waals surface area contributed by atoms with Gasteiger partial charge in [0.1, 0.15) is 4.88 Å². The molecule has 1 aromatic rings. The molecular weight excluding hydrogens is 188 g/mol. The third-order valence-corrected chi connectivity index (χ3v) is 2.47. The van der Waals surface area contributed by atoms with E-state index in [1.165, 1.54) is 11.3 Å². The lowest BCUT2D eigenvalue weighted by molar-refractivity contribution is 0.0940. The Labute approximate surface area is 80.9 Å². The number of hydrogen-bond acceptors (Lipinski definition) is 4. The van der Waals surface area contributed by atoms with Crippen LogP contribution >= 0.6 is 11.3 Å². The van der Waals surface area contributed by atoms with Crippen molar-refractivity contribution in [2.45, 2.75) is 6.92 Å². The van der Waals surface area contributed by atoms with Crippen LogP contribution in [0, 0.1) is 6.92 Å². The molecular formula is C8H12N2O2S. The summed E-state index contributed by atoms with van der Waals surface area (Å²) in [5.74, 6) is -0.0722. The van der Waals surface area contributed by atoms with E-state index in [0.717, 1.165) is 5.69 Å². The lowest BCUT2D eigenvalue weighted by Crippen LogP contribution is -2.26. The first-order valence-electron chi connectivity index (χ1n) is 3.93. The summed E-state index contributed by atoms with van der Waals surface area (Å²) in [7, 11) is 1.60. The maximum Gasteiger partial charge on any atom is 0.263 e. The molecule has 0 aromatic carbocycles. The molecule has 0 atom stereocenters. The summed E-state index contributed by atoms with van der Waals surface area (Å²) >= 11 is 1.35. The summed E-state index contributed by atoms with van der Waals surface area (Å²) in [5.41, 5.74) is 2.44. The summed E-state index contributed by atoms with van der Waals surface area (Å²) in [6, 6.07) is 0. The highest BCUT2D eigenvalue weighted by Gasteiger charge is 2.09. The van der Waals surface area contributed by atoms with Crippen LogP contribution in [0.3, 0.4) is 0 Å². The van der Waals surface area contributed by atoms with Gasteiger partial charge < -0.3 is 10.1 Å². The molecule has 0 aliphatic carbocycles. The van der Waals surface area contributed by atoms with Gasteiger partial charge in [0.2, 0.25) is 0 Å². The normalized spacial score (nSPS) is 10.0. The molecule has 0 fully saturated rings. The van der Waals surface area contributed by atoms with E-state index in [1.807, 2.05) is 6.92 Å². The van der Waals surface area contributed by atoms with Gasteiger partial charge in [-0.25, -0.2) is 4.98 Å². The standard InChI is InChI=1S/C8H12N2O2S/c1-6-7(13-5-10-6)8(11)9-3-4-12-2/h5H,3-4H2,1-2H3,(H,9,11). The van der Waals surface area contributed by atoms with Crippen molar-refractivity contribution >= 4 is 17.2 Å². The van der Waals surface area contributed by atoms with Crippen LogP contribution in [0.1, 0.15) is 15.4 Å². The second kappa shape index (κ2) is 4.94. The Hall–Kier alpha value is -0.940. The van der Waals surface area contributed by atoms with Crippen molar-refractivity contribution in [3.63, 3.8) is 0 Å². The van der Waals surface area contributed by atoms with Gasteiger partial charge in [-0.05, 0) is 6.92 Å². The van der Waals surface area contributed by atoms with Crippen LogP contribution in [-0.4, -0.2) is 31.2 Å². The summed E-state index contributed by atoms with van der Waals surface area (Å²) in [4.78, 5) is 16.1. The summed E-state index contributed by atoms with van der Waals surface area (Å²) in [6.07, 6.45) is 0. The molecule has 5 heteroatoms. The Kier molecular flexibility index (Phi) is 3.85. The van der Waals surface area contributed by atoms with E-state index in [9.17, 15) is 4.79 Å². The number of methoxy groups -OCH3 is 1. The molecule has 1 amide bonds. The number of amides is 1. The molecule has 13 heavy (non-hydrogen) atoms. The zero-order chi connectivity index (χ0) is 9.68. The molecule has 0 aliphatic rings. The molecule has 1 heterocycles. The third-order valence-electron chi connectivity index (χ3n) is 1.54. The summed E-state index contributed by atoms with van der Waals surface area (Å²) in [5, 5.41) is 2.73. The first-order chi connectivity index (χ1) is 6.25. The van der Waals surface area contributed by atoms with Crippen LogP contribution in [0.4, 0.5) is 0 Å². The van der Waals surface area contributed by atoms with Crippen molar-refractivity contribution in [2.75, 3.05) is 20.3 Å². The van der Waals surface area contributed by atoms with Crippen LogP contribution in [0.15, 0.2) is 5.51 Å². The number of thiazole rings is 1. The number of aromatic nitrogens is 1. The molecule has 0 saturated carbocycles. The molecule has 0 radical (unpaired) electrons. The molecule has 4 nitrogen and oxygen atoms in total. The van der Waals surface area contributed by atoms with Crippen LogP contribution in [0.5, 0.6) is 0 Å². The maximum absolute atomic E-state index is 11.4. The third kappa shape index (κ3) is 2.78. The molecule has 0 unspecified atom stereocenters. The van der Waals surface area contributed by atoms with E-state index >= 15 is 0 Å². The van der Waals surface area contributed by atoms with Gasteiger partial charge in [-0.3, -0.25) is 4.79 Å². The van der Waals surface area contributed by atoms with Crippen LogP contribution in [-0.2, 0) is 4.74 Å². The SMILES string of the molecule is COCCNC(=O)c1scnc1C. The molecule has 1 aromatic heterocycles. The molecule has 0 spiro atoms. The fourth-order valence-electron chi connectivity index (χ4n) is 0.867. The number of nitrogens with one attached hydrogen (secondary N) is 1. The minimum Gasteiger partial charge on any atom is -0.383 e.